The molecule has 41 heavy (non-hydrogen) atoms. The Labute approximate surface area is 243 Å². The lowest BCUT2D eigenvalue weighted by Crippen LogP contribution is -2.48. The molecule has 0 atom stereocenters. The number of carbonyl (C=O) groups is 1. The number of nitriles is 1. The molecule has 5 heterocycles. The van der Waals surface area contributed by atoms with Crippen LogP contribution >= 0.6 is 11.3 Å². The maximum Gasteiger partial charge on any atom is 0.236 e. The number of anilines is 2. The minimum atomic E-state index is -0.324. The zero-order chi connectivity index (χ0) is 28.7. The number of imidazole rings is 1. The highest BCUT2D eigenvalue weighted by Gasteiger charge is 2.28. The van der Waals surface area contributed by atoms with Crippen LogP contribution in [0.4, 0.5) is 15.3 Å². The average Bonchev–Trinajstić information content (AvgIpc) is 3.55. The number of hydrogen-bond donors (Lipinski definition) is 0. The van der Waals surface area contributed by atoms with Gasteiger partial charge in [-0.15, -0.1) is 0 Å². The molecule has 6 rings (SSSR count). The zero-order valence-corrected chi connectivity index (χ0v) is 24.5. The van der Waals surface area contributed by atoms with Gasteiger partial charge in [0.15, 0.2) is 5.13 Å². The Morgan fingerprint density at radius 3 is 2.54 bits per heavy atom. The van der Waals surface area contributed by atoms with Gasteiger partial charge in [0.1, 0.15) is 33.9 Å². The van der Waals surface area contributed by atoms with Crippen LogP contribution in [0.2, 0.25) is 0 Å². The van der Waals surface area contributed by atoms with Crippen LogP contribution in [-0.2, 0) is 11.2 Å². The number of halogens is 1. The number of pyridine rings is 1. The van der Waals surface area contributed by atoms with Crippen molar-refractivity contribution in [3.05, 3.63) is 64.0 Å². The van der Waals surface area contributed by atoms with Gasteiger partial charge in [-0.1, -0.05) is 24.3 Å². The van der Waals surface area contributed by atoms with Crippen LogP contribution in [0.3, 0.4) is 0 Å². The minimum Gasteiger partial charge on any atom is -0.341 e. The summed E-state index contributed by atoms with van der Waals surface area (Å²) in [6.45, 7) is 8.38. The highest BCUT2D eigenvalue weighted by Crippen LogP contribution is 2.38. The molecule has 2 aliphatic rings. The van der Waals surface area contributed by atoms with Crippen molar-refractivity contribution in [3.8, 4) is 17.3 Å². The first-order valence-corrected chi connectivity index (χ1v) is 15.1. The van der Waals surface area contributed by atoms with Crippen LogP contribution in [0.1, 0.15) is 53.8 Å². The predicted molar refractivity (Wildman–Crippen MR) is 159 cm³/mol. The van der Waals surface area contributed by atoms with Gasteiger partial charge in [0, 0.05) is 31.9 Å². The molecule has 1 aromatic carbocycles. The lowest BCUT2D eigenvalue weighted by Gasteiger charge is -2.36. The van der Waals surface area contributed by atoms with E-state index >= 15 is 0 Å². The topological polar surface area (TPSA) is 80.8 Å². The molecule has 0 unspecified atom stereocenters. The van der Waals surface area contributed by atoms with Crippen molar-refractivity contribution in [2.75, 3.05) is 44.7 Å². The van der Waals surface area contributed by atoms with Crippen LogP contribution in [0.15, 0.2) is 36.5 Å². The van der Waals surface area contributed by atoms with E-state index in [1.165, 1.54) is 29.0 Å². The molecule has 0 saturated carbocycles. The average molecular weight is 572 g/mol. The summed E-state index contributed by atoms with van der Waals surface area (Å²) in [5.74, 6) is 1.28. The summed E-state index contributed by atoms with van der Waals surface area (Å²) < 4.78 is 15.7. The van der Waals surface area contributed by atoms with Gasteiger partial charge in [0.2, 0.25) is 5.91 Å². The second-order valence-corrected chi connectivity index (χ2v) is 12.0. The Hall–Kier alpha value is -3.81. The summed E-state index contributed by atoms with van der Waals surface area (Å²) in [6, 6.07) is 10.6. The van der Waals surface area contributed by atoms with Crippen LogP contribution < -0.4 is 4.90 Å². The Bertz CT molecular complexity index is 1620. The quantitative estimate of drug-likeness (QED) is 0.291. The lowest BCUT2D eigenvalue weighted by atomic mass is 9.89. The number of aromatic nitrogens is 3. The second kappa shape index (κ2) is 11.2. The Morgan fingerprint density at radius 2 is 1.90 bits per heavy atom. The molecule has 3 aromatic heterocycles. The number of carbonyl (C=O) groups excluding carboxylic acids is 1. The second-order valence-electron chi connectivity index (χ2n) is 11.0. The normalized spacial score (nSPS) is 16.1. The molecule has 0 N–H and O–H groups in total. The van der Waals surface area contributed by atoms with Crippen molar-refractivity contribution in [2.45, 2.75) is 45.4 Å². The number of piperidine rings is 1. The van der Waals surface area contributed by atoms with E-state index in [0.29, 0.717) is 33.7 Å². The van der Waals surface area contributed by atoms with Crippen LogP contribution in [0.25, 0.3) is 16.9 Å². The molecule has 0 bridgehead atoms. The third-order valence-electron chi connectivity index (χ3n) is 8.37. The Kier molecular flexibility index (Phi) is 7.49. The number of rotatable bonds is 7. The van der Waals surface area contributed by atoms with Crippen molar-refractivity contribution in [2.24, 2.45) is 0 Å². The zero-order valence-electron chi connectivity index (χ0n) is 23.7. The van der Waals surface area contributed by atoms with E-state index in [9.17, 15) is 14.4 Å². The van der Waals surface area contributed by atoms with Crippen LogP contribution in [0.5, 0.6) is 0 Å². The fraction of sp³-hybridized carbons (Fsp3) is 0.419. The Balaban J connectivity index is 1.29. The monoisotopic (exact) mass is 571 g/mol. The van der Waals surface area contributed by atoms with E-state index in [2.05, 4.69) is 41.5 Å². The van der Waals surface area contributed by atoms with E-state index in [-0.39, 0.29) is 11.7 Å². The molecule has 212 valence electrons. The maximum atomic E-state index is 13.5. The molecule has 10 heteroatoms. The summed E-state index contributed by atoms with van der Waals surface area (Å²) in [5, 5.41) is 10.5. The minimum absolute atomic E-state index is 0.259. The van der Waals surface area contributed by atoms with Crippen LogP contribution in [-0.4, -0.2) is 69.8 Å². The van der Waals surface area contributed by atoms with Crippen LogP contribution in [0, 0.1) is 24.1 Å². The number of benzene rings is 1. The van der Waals surface area contributed by atoms with Crippen molar-refractivity contribution >= 4 is 33.8 Å². The first-order valence-electron chi connectivity index (χ1n) is 14.3. The van der Waals surface area contributed by atoms with Gasteiger partial charge >= 0.3 is 0 Å². The number of likely N-dealkylation sites (tertiary alicyclic amines) is 2. The molecule has 8 nitrogen and oxygen atoms in total. The van der Waals surface area contributed by atoms with Gasteiger partial charge in [0.25, 0.3) is 0 Å². The highest BCUT2D eigenvalue weighted by atomic mass is 32.1. The van der Waals surface area contributed by atoms with Gasteiger partial charge < -0.3 is 9.80 Å². The molecule has 0 spiro atoms. The molecule has 4 aromatic rings. The number of hydrogen-bond acceptors (Lipinski definition) is 7. The standard InChI is InChI=1S/C31H34FN7OS/c1-4-25-30(36(3)31-35-28(26(17-33)41-31)22-6-8-24(32)9-7-22)39-18-23(16-20(2)29(39)34-25)21-10-14-37(15-11-21)19-27(40)38-12-5-13-38/h6-9,16,18,21H,4-5,10-15,19H2,1-3H3. The molecular weight excluding hydrogens is 537 g/mol. The number of fused-ring (bicyclic) bond motifs is 1. The van der Waals surface area contributed by atoms with Gasteiger partial charge in [-0.2, -0.15) is 5.26 Å². The summed E-state index contributed by atoms with van der Waals surface area (Å²) in [4.78, 5) is 29.0. The summed E-state index contributed by atoms with van der Waals surface area (Å²) in [5.41, 5.74) is 5.55. The van der Waals surface area contributed by atoms with E-state index in [1.54, 1.807) is 12.1 Å². The molecule has 0 aliphatic carbocycles. The summed E-state index contributed by atoms with van der Waals surface area (Å²) in [6.07, 6.45) is 6.11. The smallest absolute Gasteiger partial charge is 0.236 e. The van der Waals surface area contributed by atoms with Crippen molar-refractivity contribution in [1.82, 2.24) is 24.2 Å². The van der Waals surface area contributed by atoms with E-state index < -0.39 is 0 Å². The van der Waals surface area contributed by atoms with E-state index in [4.69, 9.17) is 9.97 Å². The molecular formula is C31H34FN7OS. The van der Waals surface area contributed by atoms with Crippen molar-refractivity contribution < 1.29 is 9.18 Å². The predicted octanol–water partition coefficient (Wildman–Crippen LogP) is 5.52. The first kappa shape index (κ1) is 27.4. The largest absolute Gasteiger partial charge is 0.341 e. The van der Waals surface area contributed by atoms with E-state index in [0.717, 1.165) is 74.6 Å². The van der Waals surface area contributed by atoms with Gasteiger partial charge in [-0.25, -0.2) is 14.4 Å². The molecule has 2 fully saturated rings. The Morgan fingerprint density at radius 1 is 1.17 bits per heavy atom. The van der Waals surface area contributed by atoms with Crippen molar-refractivity contribution in [1.29, 1.82) is 5.26 Å². The number of aryl methyl sites for hydroxylation is 2. The fourth-order valence-electron chi connectivity index (χ4n) is 5.89. The summed E-state index contributed by atoms with van der Waals surface area (Å²) in [7, 11) is 1.96. The molecule has 1 amide bonds. The van der Waals surface area contributed by atoms with Gasteiger partial charge in [-0.05, 0) is 87.0 Å². The molecule has 2 saturated heterocycles. The fourth-order valence-corrected chi connectivity index (χ4v) is 6.74. The molecule has 2 aliphatic heterocycles. The van der Waals surface area contributed by atoms with Crippen molar-refractivity contribution in [3.63, 3.8) is 0 Å². The number of nitrogens with zero attached hydrogens (tertiary/aromatic N) is 7. The first-order chi connectivity index (χ1) is 19.9. The summed E-state index contributed by atoms with van der Waals surface area (Å²) >= 11 is 1.32. The maximum absolute atomic E-state index is 13.5. The SMILES string of the molecule is CCc1nc2c(C)cc(C3CCN(CC(=O)N4CCC4)CC3)cn2c1N(C)c1nc(-c2ccc(F)cc2)c(C#N)s1. The van der Waals surface area contributed by atoms with E-state index in [1.807, 2.05) is 16.8 Å². The number of amides is 1. The third-order valence-corrected chi connectivity index (χ3v) is 9.41. The van der Waals surface area contributed by atoms with Gasteiger partial charge in [0.05, 0.1) is 12.2 Å². The lowest BCUT2D eigenvalue weighted by molar-refractivity contribution is -0.136. The highest BCUT2D eigenvalue weighted by molar-refractivity contribution is 7.16. The molecule has 0 radical (unpaired) electrons. The third kappa shape index (κ3) is 5.20. The number of thiazole rings is 1. The van der Waals surface area contributed by atoms with Gasteiger partial charge in [-0.3, -0.25) is 14.1 Å².